The van der Waals surface area contributed by atoms with Crippen molar-refractivity contribution in [2.45, 2.75) is 6.54 Å². The van der Waals surface area contributed by atoms with Gasteiger partial charge in [-0.05, 0) is 35.9 Å². The van der Waals surface area contributed by atoms with Gasteiger partial charge >= 0.3 is 0 Å². The predicted octanol–water partition coefficient (Wildman–Crippen LogP) is 3.73. The molecule has 5 nitrogen and oxygen atoms in total. The Morgan fingerprint density at radius 1 is 1.08 bits per heavy atom. The third kappa shape index (κ3) is 5.78. The topological polar surface area (TPSA) is 66.5 Å². The molecule has 134 valence electrons. The van der Waals surface area contributed by atoms with E-state index in [1.54, 1.807) is 36.4 Å². The summed E-state index contributed by atoms with van der Waals surface area (Å²) in [4.78, 5) is 12.2. The maximum Gasteiger partial charge on any atom is 0.241 e. The summed E-state index contributed by atoms with van der Waals surface area (Å²) in [6, 6.07) is 11.2. The van der Waals surface area contributed by atoms with Crippen LogP contribution < -0.4 is 9.62 Å². The lowest BCUT2D eigenvalue weighted by Crippen LogP contribution is -2.40. The summed E-state index contributed by atoms with van der Waals surface area (Å²) < 4.78 is 25.0. The largest absolute Gasteiger partial charge is 0.350 e. The summed E-state index contributed by atoms with van der Waals surface area (Å²) in [5.41, 5.74) is 0.989. The molecule has 0 aliphatic rings. The van der Waals surface area contributed by atoms with Crippen molar-refractivity contribution in [3.63, 3.8) is 0 Å². The third-order valence-electron chi connectivity index (χ3n) is 3.27. The van der Waals surface area contributed by atoms with Crippen LogP contribution in [-0.4, -0.2) is 27.1 Å². The lowest BCUT2D eigenvalue weighted by Gasteiger charge is -2.22. The zero-order chi connectivity index (χ0) is 18.6. The molecular formula is C16H15Cl3N2O3S. The third-order valence-corrected chi connectivity index (χ3v) is 5.24. The van der Waals surface area contributed by atoms with Crippen LogP contribution in [0.4, 0.5) is 5.69 Å². The van der Waals surface area contributed by atoms with Crippen LogP contribution in [0, 0.1) is 0 Å². The first-order valence-corrected chi connectivity index (χ1v) is 10.1. The molecule has 0 saturated heterocycles. The Bertz CT molecular complexity index is 888. The second kappa shape index (κ2) is 8.27. The molecule has 0 spiro atoms. The maximum atomic E-state index is 12.2. The van der Waals surface area contributed by atoms with E-state index in [0.29, 0.717) is 26.3 Å². The smallest absolute Gasteiger partial charge is 0.241 e. The van der Waals surface area contributed by atoms with Crippen LogP contribution in [0.5, 0.6) is 0 Å². The fourth-order valence-corrected chi connectivity index (χ4v) is 3.58. The molecule has 1 amide bonds. The average Bonchev–Trinajstić information content (AvgIpc) is 2.50. The predicted molar refractivity (Wildman–Crippen MR) is 102 cm³/mol. The van der Waals surface area contributed by atoms with Gasteiger partial charge in [-0.3, -0.25) is 9.10 Å². The van der Waals surface area contributed by atoms with Gasteiger partial charge in [-0.1, -0.05) is 46.9 Å². The molecule has 0 aliphatic carbocycles. The molecule has 25 heavy (non-hydrogen) atoms. The number of carbonyl (C=O) groups is 1. The number of hydrogen-bond donors (Lipinski definition) is 1. The summed E-state index contributed by atoms with van der Waals surface area (Å²) in [7, 11) is -3.66. The zero-order valence-corrected chi connectivity index (χ0v) is 16.3. The summed E-state index contributed by atoms with van der Waals surface area (Å²) >= 11 is 17.8. The quantitative estimate of drug-likeness (QED) is 0.773. The highest BCUT2D eigenvalue weighted by Gasteiger charge is 2.21. The number of anilines is 1. The number of nitrogens with zero attached hydrogens (tertiary/aromatic N) is 1. The molecular weight excluding hydrogens is 407 g/mol. The number of sulfonamides is 1. The van der Waals surface area contributed by atoms with Gasteiger partial charge in [-0.2, -0.15) is 0 Å². The van der Waals surface area contributed by atoms with E-state index < -0.39 is 15.9 Å². The molecule has 9 heteroatoms. The van der Waals surface area contributed by atoms with E-state index in [9.17, 15) is 13.2 Å². The highest BCUT2D eigenvalue weighted by Crippen LogP contribution is 2.22. The van der Waals surface area contributed by atoms with Gasteiger partial charge in [0.25, 0.3) is 0 Å². The van der Waals surface area contributed by atoms with Crippen LogP contribution in [0.2, 0.25) is 15.1 Å². The molecule has 1 N–H and O–H groups in total. The lowest BCUT2D eigenvalue weighted by atomic mass is 10.2. The lowest BCUT2D eigenvalue weighted by molar-refractivity contribution is -0.119. The Morgan fingerprint density at radius 3 is 2.36 bits per heavy atom. The zero-order valence-electron chi connectivity index (χ0n) is 13.2. The van der Waals surface area contributed by atoms with E-state index in [2.05, 4.69) is 5.32 Å². The summed E-state index contributed by atoms with van der Waals surface area (Å²) in [5, 5.41) is 3.92. The Morgan fingerprint density at radius 2 is 1.76 bits per heavy atom. The van der Waals surface area contributed by atoms with Gasteiger partial charge in [-0.15, -0.1) is 0 Å². The average molecular weight is 422 g/mol. The molecule has 0 fully saturated rings. The van der Waals surface area contributed by atoms with Crippen molar-refractivity contribution < 1.29 is 13.2 Å². The van der Waals surface area contributed by atoms with Crippen molar-refractivity contribution in [1.29, 1.82) is 0 Å². The molecule has 0 unspecified atom stereocenters. The van der Waals surface area contributed by atoms with Crippen LogP contribution in [0.15, 0.2) is 42.5 Å². The van der Waals surface area contributed by atoms with E-state index in [4.69, 9.17) is 34.8 Å². The number of nitrogens with one attached hydrogen (secondary N) is 1. The summed E-state index contributed by atoms with van der Waals surface area (Å²) in [6.45, 7) is -0.216. The minimum Gasteiger partial charge on any atom is -0.350 e. The van der Waals surface area contributed by atoms with Gasteiger partial charge in [-0.25, -0.2) is 8.42 Å². The van der Waals surface area contributed by atoms with Crippen LogP contribution in [-0.2, 0) is 21.4 Å². The van der Waals surface area contributed by atoms with E-state index in [1.807, 2.05) is 0 Å². The van der Waals surface area contributed by atoms with Gasteiger partial charge in [0.15, 0.2) is 0 Å². The monoisotopic (exact) mass is 420 g/mol. The number of hydrogen-bond acceptors (Lipinski definition) is 3. The fraction of sp³-hybridized carbons (Fsp3) is 0.188. The van der Waals surface area contributed by atoms with Crippen molar-refractivity contribution in [3.8, 4) is 0 Å². The first-order valence-electron chi connectivity index (χ1n) is 7.11. The first-order chi connectivity index (χ1) is 11.7. The Kier molecular flexibility index (Phi) is 6.57. The van der Waals surface area contributed by atoms with Crippen molar-refractivity contribution in [1.82, 2.24) is 5.32 Å². The van der Waals surface area contributed by atoms with Crippen LogP contribution in [0.1, 0.15) is 5.56 Å². The number of carbonyl (C=O) groups excluding carboxylic acids is 1. The van der Waals surface area contributed by atoms with Crippen molar-refractivity contribution in [2.75, 3.05) is 17.1 Å². The molecule has 2 rings (SSSR count). The molecule has 2 aromatic rings. The summed E-state index contributed by atoms with van der Waals surface area (Å²) in [5.74, 6) is -0.476. The van der Waals surface area contributed by atoms with Gasteiger partial charge in [0.05, 0.1) is 11.9 Å². The van der Waals surface area contributed by atoms with Gasteiger partial charge in [0.1, 0.15) is 6.54 Å². The van der Waals surface area contributed by atoms with Gasteiger partial charge in [0.2, 0.25) is 15.9 Å². The standard InChI is InChI=1S/C16H15Cl3N2O3S/c1-25(23,24)21(14-4-2-3-12(17)7-14)10-16(22)20-9-11-5-6-13(18)8-15(11)19/h2-8H,9-10H2,1H3,(H,20,22). The Labute approximate surface area is 161 Å². The molecule has 0 saturated carbocycles. The minimum absolute atomic E-state index is 0.155. The fourth-order valence-electron chi connectivity index (χ4n) is 2.08. The number of amides is 1. The van der Waals surface area contributed by atoms with E-state index in [-0.39, 0.29) is 13.1 Å². The normalized spacial score (nSPS) is 11.2. The van der Waals surface area contributed by atoms with Crippen molar-refractivity contribution >= 4 is 56.4 Å². The molecule has 0 radical (unpaired) electrons. The maximum absolute atomic E-state index is 12.2. The van der Waals surface area contributed by atoms with Crippen LogP contribution in [0.25, 0.3) is 0 Å². The van der Waals surface area contributed by atoms with Gasteiger partial charge < -0.3 is 5.32 Å². The highest BCUT2D eigenvalue weighted by molar-refractivity contribution is 7.92. The molecule has 0 aliphatic heterocycles. The first kappa shape index (κ1) is 19.8. The molecule has 0 heterocycles. The Balaban J connectivity index is 2.10. The van der Waals surface area contributed by atoms with Crippen molar-refractivity contribution in [2.24, 2.45) is 0 Å². The number of benzene rings is 2. The molecule has 0 atom stereocenters. The number of rotatable bonds is 6. The molecule has 0 aromatic heterocycles. The Hall–Kier alpha value is -1.47. The summed E-state index contributed by atoms with van der Waals surface area (Å²) in [6.07, 6.45) is 1.03. The molecule has 2 aromatic carbocycles. The van der Waals surface area contributed by atoms with E-state index in [0.717, 1.165) is 10.6 Å². The van der Waals surface area contributed by atoms with E-state index >= 15 is 0 Å². The second-order valence-electron chi connectivity index (χ2n) is 5.26. The SMILES string of the molecule is CS(=O)(=O)N(CC(=O)NCc1ccc(Cl)cc1Cl)c1cccc(Cl)c1. The minimum atomic E-state index is -3.66. The van der Waals surface area contributed by atoms with Crippen LogP contribution in [0.3, 0.4) is 0 Å². The number of halogens is 3. The highest BCUT2D eigenvalue weighted by atomic mass is 35.5. The van der Waals surface area contributed by atoms with Gasteiger partial charge in [0, 0.05) is 21.6 Å². The second-order valence-corrected chi connectivity index (χ2v) is 8.45. The van der Waals surface area contributed by atoms with Crippen molar-refractivity contribution in [3.05, 3.63) is 63.1 Å². The molecule has 0 bridgehead atoms. The van der Waals surface area contributed by atoms with E-state index in [1.165, 1.54) is 6.07 Å². The van der Waals surface area contributed by atoms with Crippen LogP contribution >= 0.6 is 34.8 Å².